The van der Waals surface area contributed by atoms with E-state index in [1.54, 1.807) is 17.0 Å². The molecule has 0 atom stereocenters. The van der Waals surface area contributed by atoms with Gasteiger partial charge in [-0.1, -0.05) is 29.0 Å². The summed E-state index contributed by atoms with van der Waals surface area (Å²) in [5.74, 6) is -0.416. The monoisotopic (exact) mass is 453 g/mol. The lowest BCUT2D eigenvalue weighted by molar-refractivity contribution is -0.118. The van der Waals surface area contributed by atoms with Crippen LogP contribution in [-0.2, 0) is 16.0 Å². The van der Waals surface area contributed by atoms with Crippen molar-refractivity contribution in [3.8, 4) is 0 Å². The molecule has 0 saturated carbocycles. The van der Waals surface area contributed by atoms with Gasteiger partial charge in [0.05, 0.1) is 28.7 Å². The first-order valence-corrected chi connectivity index (χ1v) is 11.5. The largest absolute Gasteiger partial charge is 0.379 e. The molecule has 1 aromatic carbocycles. The fourth-order valence-electron chi connectivity index (χ4n) is 3.31. The van der Waals surface area contributed by atoms with Crippen molar-refractivity contribution in [1.82, 2.24) is 9.88 Å². The number of carbonyl (C=O) groups excluding carboxylic acids is 1. The molecular weight excluding hydrogens is 433 g/mol. The number of morpholine rings is 1. The second-order valence-corrected chi connectivity index (χ2v) is 9.63. The molecule has 1 fully saturated rings. The van der Waals surface area contributed by atoms with Gasteiger partial charge in [0.25, 0.3) is 0 Å². The van der Waals surface area contributed by atoms with Gasteiger partial charge in [0.1, 0.15) is 11.3 Å². The van der Waals surface area contributed by atoms with Gasteiger partial charge in [-0.15, -0.1) is 11.3 Å². The number of halogens is 2. The van der Waals surface area contributed by atoms with E-state index in [2.05, 4.69) is 9.88 Å². The quantitative estimate of drug-likeness (QED) is 0.530. The number of ether oxygens (including phenoxy) is 1. The lowest BCUT2D eigenvalue weighted by Gasteiger charge is -2.27. The standard InChI is InChI=1S/C20H21ClFN3O2S2/c21-17-6-5-14(28-17)13-18(26)25(8-2-7-24-9-11-27-12-10-24)20-23-19-15(22)3-1-4-16(19)29-20/h1,3-6H,2,7-13H2. The van der Waals surface area contributed by atoms with Gasteiger partial charge in [-0.2, -0.15) is 0 Å². The number of para-hydroxylation sites is 1. The molecule has 2 aromatic heterocycles. The zero-order valence-corrected chi connectivity index (χ0v) is 18.2. The molecule has 3 aromatic rings. The molecule has 1 aliphatic heterocycles. The van der Waals surface area contributed by atoms with Crippen LogP contribution in [0.2, 0.25) is 4.34 Å². The van der Waals surface area contributed by atoms with E-state index < -0.39 is 0 Å². The number of carbonyl (C=O) groups is 1. The van der Waals surface area contributed by atoms with Crippen LogP contribution in [0.15, 0.2) is 30.3 Å². The molecule has 3 heterocycles. The Morgan fingerprint density at radius 2 is 2.07 bits per heavy atom. The normalized spacial score (nSPS) is 15.1. The molecular formula is C20H21ClFN3O2S2. The van der Waals surface area contributed by atoms with Gasteiger partial charge in [0.2, 0.25) is 5.91 Å². The van der Waals surface area contributed by atoms with Crippen molar-refractivity contribution in [3.05, 3.63) is 45.4 Å². The van der Waals surface area contributed by atoms with E-state index in [0.717, 1.165) is 48.8 Å². The van der Waals surface area contributed by atoms with E-state index in [1.165, 1.54) is 28.7 Å². The molecule has 9 heteroatoms. The van der Waals surface area contributed by atoms with Crippen LogP contribution in [0.3, 0.4) is 0 Å². The first kappa shape index (κ1) is 20.7. The number of anilines is 1. The van der Waals surface area contributed by atoms with E-state index in [0.29, 0.717) is 21.5 Å². The Kier molecular flexibility index (Phi) is 6.77. The summed E-state index contributed by atoms with van der Waals surface area (Å²) in [5, 5.41) is 0.541. The van der Waals surface area contributed by atoms with Crippen LogP contribution < -0.4 is 4.90 Å². The SMILES string of the molecule is O=C(Cc1ccc(Cl)s1)N(CCCN1CCOCC1)c1nc2c(F)cccc2s1. The fraction of sp³-hybridized carbons (Fsp3) is 0.400. The van der Waals surface area contributed by atoms with Crippen LogP contribution >= 0.6 is 34.3 Å². The number of hydrogen-bond acceptors (Lipinski definition) is 6. The highest BCUT2D eigenvalue weighted by atomic mass is 35.5. The van der Waals surface area contributed by atoms with Gasteiger partial charge >= 0.3 is 0 Å². The summed E-state index contributed by atoms with van der Waals surface area (Å²) in [6.07, 6.45) is 1.07. The Balaban J connectivity index is 1.51. The van der Waals surface area contributed by atoms with E-state index >= 15 is 0 Å². The maximum Gasteiger partial charge on any atom is 0.234 e. The minimum absolute atomic E-state index is 0.0510. The third kappa shape index (κ3) is 5.13. The maximum atomic E-state index is 14.1. The number of aromatic nitrogens is 1. The maximum absolute atomic E-state index is 14.1. The third-order valence-corrected chi connectivity index (χ3v) is 7.08. The fourth-order valence-corrected chi connectivity index (χ4v) is 5.42. The lowest BCUT2D eigenvalue weighted by Crippen LogP contribution is -2.39. The van der Waals surface area contributed by atoms with Gasteiger partial charge < -0.3 is 4.74 Å². The predicted octanol–water partition coefficient (Wildman–Crippen LogP) is 4.45. The number of fused-ring (bicyclic) bond motifs is 1. The minimum atomic E-state index is -0.365. The minimum Gasteiger partial charge on any atom is -0.379 e. The highest BCUT2D eigenvalue weighted by molar-refractivity contribution is 7.22. The Labute approximate surface area is 181 Å². The van der Waals surface area contributed by atoms with Crippen LogP contribution in [0.25, 0.3) is 10.2 Å². The van der Waals surface area contributed by atoms with Crippen LogP contribution in [0, 0.1) is 5.82 Å². The number of hydrogen-bond donors (Lipinski definition) is 0. The van der Waals surface area contributed by atoms with Gasteiger partial charge in [-0.3, -0.25) is 14.6 Å². The summed E-state index contributed by atoms with van der Waals surface area (Å²) in [7, 11) is 0. The number of rotatable bonds is 7. The van der Waals surface area contributed by atoms with E-state index in [9.17, 15) is 9.18 Å². The molecule has 0 bridgehead atoms. The lowest BCUT2D eigenvalue weighted by atomic mass is 10.3. The molecule has 1 saturated heterocycles. The second kappa shape index (κ2) is 9.49. The second-order valence-electron chi connectivity index (χ2n) is 6.82. The van der Waals surface area contributed by atoms with Crippen molar-refractivity contribution in [2.24, 2.45) is 0 Å². The number of benzene rings is 1. The molecule has 0 radical (unpaired) electrons. The Hall–Kier alpha value is -1.58. The molecule has 0 unspecified atom stereocenters. The van der Waals surface area contributed by atoms with Crippen molar-refractivity contribution in [3.63, 3.8) is 0 Å². The number of thiazole rings is 1. The Morgan fingerprint density at radius 3 is 2.79 bits per heavy atom. The number of thiophene rings is 1. The zero-order chi connectivity index (χ0) is 20.2. The highest BCUT2D eigenvalue weighted by Gasteiger charge is 2.22. The number of nitrogens with zero attached hydrogens (tertiary/aromatic N) is 3. The topological polar surface area (TPSA) is 45.7 Å². The molecule has 0 aliphatic carbocycles. The summed E-state index contributed by atoms with van der Waals surface area (Å²) in [6.45, 7) is 4.74. The van der Waals surface area contributed by atoms with Crippen molar-refractivity contribution in [1.29, 1.82) is 0 Å². The van der Waals surface area contributed by atoms with E-state index in [1.807, 2.05) is 12.1 Å². The highest BCUT2D eigenvalue weighted by Crippen LogP contribution is 2.31. The van der Waals surface area contributed by atoms with Crippen molar-refractivity contribution in [2.75, 3.05) is 44.3 Å². The predicted molar refractivity (Wildman–Crippen MR) is 117 cm³/mol. The van der Waals surface area contributed by atoms with Crippen LogP contribution in [-0.4, -0.2) is 55.2 Å². The summed E-state index contributed by atoms with van der Waals surface area (Å²) in [4.78, 5) is 22.5. The average molecular weight is 454 g/mol. The van der Waals surface area contributed by atoms with Gasteiger partial charge in [0.15, 0.2) is 5.13 Å². The van der Waals surface area contributed by atoms with Crippen LogP contribution in [0.4, 0.5) is 9.52 Å². The average Bonchev–Trinajstić information content (AvgIpc) is 3.33. The van der Waals surface area contributed by atoms with Crippen molar-refractivity contribution < 1.29 is 13.9 Å². The molecule has 1 aliphatic rings. The zero-order valence-electron chi connectivity index (χ0n) is 15.8. The molecule has 4 rings (SSSR count). The Morgan fingerprint density at radius 1 is 1.24 bits per heavy atom. The molecule has 29 heavy (non-hydrogen) atoms. The number of amides is 1. The molecule has 1 amide bonds. The Bertz CT molecular complexity index is 987. The van der Waals surface area contributed by atoms with Gasteiger partial charge in [0, 0.05) is 31.1 Å². The summed E-state index contributed by atoms with van der Waals surface area (Å²) >= 11 is 8.76. The summed E-state index contributed by atoms with van der Waals surface area (Å²) < 4.78 is 20.9. The van der Waals surface area contributed by atoms with E-state index in [4.69, 9.17) is 16.3 Å². The summed E-state index contributed by atoms with van der Waals surface area (Å²) in [5.41, 5.74) is 0.317. The van der Waals surface area contributed by atoms with Crippen molar-refractivity contribution >= 4 is 55.5 Å². The van der Waals surface area contributed by atoms with Crippen LogP contribution in [0.1, 0.15) is 11.3 Å². The van der Waals surface area contributed by atoms with Crippen molar-refractivity contribution in [2.45, 2.75) is 12.8 Å². The summed E-state index contributed by atoms with van der Waals surface area (Å²) in [6, 6.07) is 8.55. The molecule has 0 N–H and O–H groups in total. The van der Waals surface area contributed by atoms with Gasteiger partial charge in [-0.05, 0) is 30.7 Å². The first-order chi connectivity index (χ1) is 14.1. The van der Waals surface area contributed by atoms with Crippen LogP contribution in [0.5, 0.6) is 0 Å². The first-order valence-electron chi connectivity index (χ1n) is 9.50. The molecule has 0 spiro atoms. The molecule has 5 nitrogen and oxygen atoms in total. The molecule has 154 valence electrons. The van der Waals surface area contributed by atoms with E-state index in [-0.39, 0.29) is 18.1 Å². The van der Waals surface area contributed by atoms with Gasteiger partial charge in [-0.25, -0.2) is 9.37 Å². The third-order valence-electron chi connectivity index (χ3n) is 4.80. The smallest absolute Gasteiger partial charge is 0.234 e.